The summed E-state index contributed by atoms with van der Waals surface area (Å²) in [4.78, 5) is 0.878. The van der Waals surface area contributed by atoms with Gasteiger partial charge < -0.3 is 18.9 Å². The summed E-state index contributed by atoms with van der Waals surface area (Å²) in [6.45, 7) is 2.44. The highest BCUT2D eigenvalue weighted by atomic mass is 32.2. The van der Waals surface area contributed by atoms with Crippen molar-refractivity contribution in [3.05, 3.63) is 12.1 Å². The molecule has 1 aromatic rings. The maximum absolute atomic E-state index is 5.26. The second-order valence-electron chi connectivity index (χ2n) is 3.15. The molecule has 0 bridgehead atoms. The monoisotopic (exact) mass is 288 g/mol. The van der Waals surface area contributed by atoms with E-state index in [1.807, 2.05) is 19.1 Å². The Balaban J connectivity index is 3.03. The van der Waals surface area contributed by atoms with Crippen molar-refractivity contribution in [2.24, 2.45) is 0 Å². The van der Waals surface area contributed by atoms with Gasteiger partial charge in [-0.15, -0.1) is 0 Å². The van der Waals surface area contributed by atoms with Gasteiger partial charge in [0.2, 0.25) is 10.1 Å². The van der Waals surface area contributed by atoms with Crippen LogP contribution in [0.1, 0.15) is 6.92 Å². The molecule has 1 aromatic carbocycles. The summed E-state index contributed by atoms with van der Waals surface area (Å²) in [5, 5.41) is 0. The average molecular weight is 288 g/mol. The van der Waals surface area contributed by atoms with Gasteiger partial charge in [0.25, 0.3) is 0 Å². The molecule has 18 heavy (non-hydrogen) atoms. The molecule has 0 aliphatic heterocycles. The number of thiocarbonyl (C=S) groups is 1. The number of rotatable bonds is 5. The Labute approximate surface area is 117 Å². The molecule has 0 unspecified atom stereocenters. The van der Waals surface area contributed by atoms with E-state index >= 15 is 0 Å². The summed E-state index contributed by atoms with van der Waals surface area (Å²) in [7, 11) is 4.72. The van der Waals surface area contributed by atoms with Gasteiger partial charge in [0.05, 0.1) is 27.9 Å². The number of hydrogen-bond donors (Lipinski definition) is 0. The minimum atomic E-state index is 0.465. The van der Waals surface area contributed by atoms with Gasteiger partial charge in [-0.3, -0.25) is 0 Å². The van der Waals surface area contributed by atoms with Gasteiger partial charge in [0.1, 0.15) is 0 Å². The van der Waals surface area contributed by atoms with E-state index in [1.54, 1.807) is 21.3 Å². The van der Waals surface area contributed by atoms with Crippen LogP contribution in [0.25, 0.3) is 0 Å². The van der Waals surface area contributed by atoms with E-state index in [1.165, 1.54) is 11.8 Å². The first-order valence-electron chi connectivity index (χ1n) is 5.30. The largest absolute Gasteiger partial charge is 0.493 e. The van der Waals surface area contributed by atoms with Crippen LogP contribution >= 0.6 is 24.0 Å². The van der Waals surface area contributed by atoms with E-state index in [0.29, 0.717) is 28.2 Å². The van der Waals surface area contributed by atoms with Gasteiger partial charge in [-0.1, -0.05) is 0 Å². The Morgan fingerprint density at radius 2 is 1.67 bits per heavy atom. The van der Waals surface area contributed by atoms with Crippen molar-refractivity contribution >= 4 is 28.4 Å². The van der Waals surface area contributed by atoms with Crippen molar-refractivity contribution in [1.29, 1.82) is 0 Å². The predicted molar refractivity (Wildman–Crippen MR) is 76.2 cm³/mol. The lowest BCUT2D eigenvalue weighted by Crippen LogP contribution is -1.98. The van der Waals surface area contributed by atoms with Crippen LogP contribution in [0.15, 0.2) is 17.0 Å². The minimum absolute atomic E-state index is 0.465. The zero-order valence-electron chi connectivity index (χ0n) is 10.8. The summed E-state index contributed by atoms with van der Waals surface area (Å²) in [6.07, 6.45) is 0. The lowest BCUT2D eigenvalue weighted by molar-refractivity contribution is 0.323. The molecule has 0 saturated heterocycles. The van der Waals surface area contributed by atoms with Crippen molar-refractivity contribution in [2.75, 3.05) is 27.9 Å². The molecule has 0 aromatic heterocycles. The molecule has 100 valence electrons. The fraction of sp³-hybridized carbons (Fsp3) is 0.417. The smallest absolute Gasteiger partial charge is 0.224 e. The van der Waals surface area contributed by atoms with Gasteiger partial charge in [-0.05, 0) is 43.0 Å². The molecule has 0 saturated carbocycles. The van der Waals surface area contributed by atoms with E-state index in [-0.39, 0.29) is 0 Å². The normalized spacial score (nSPS) is 9.78. The standard InChI is InChI=1S/C12H16O4S2/c1-5-16-12(17)18-8-6-9(13-2)11(15-4)10(7-8)14-3/h6-7H,5H2,1-4H3. The molecule has 4 nitrogen and oxygen atoms in total. The van der Waals surface area contributed by atoms with Gasteiger partial charge in [0, 0.05) is 4.90 Å². The van der Waals surface area contributed by atoms with Crippen molar-refractivity contribution in [3.8, 4) is 17.2 Å². The van der Waals surface area contributed by atoms with Crippen LogP contribution < -0.4 is 14.2 Å². The van der Waals surface area contributed by atoms with Crippen LogP contribution in [0.4, 0.5) is 0 Å². The van der Waals surface area contributed by atoms with E-state index in [2.05, 4.69) is 0 Å². The minimum Gasteiger partial charge on any atom is -0.493 e. The third-order valence-electron chi connectivity index (χ3n) is 2.10. The first-order chi connectivity index (χ1) is 8.65. The van der Waals surface area contributed by atoms with Crippen LogP contribution in [-0.2, 0) is 4.74 Å². The second kappa shape index (κ2) is 7.33. The fourth-order valence-corrected chi connectivity index (χ4v) is 2.47. The van der Waals surface area contributed by atoms with Crippen LogP contribution in [0.2, 0.25) is 0 Å². The van der Waals surface area contributed by atoms with Gasteiger partial charge in [-0.25, -0.2) is 0 Å². The Kier molecular flexibility index (Phi) is 6.07. The Morgan fingerprint density at radius 1 is 1.11 bits per heavy atom. The lowest BCUT2D eigenvalue weighted by Gasteiger charge is -2.13. The Morgan fingerprint density at radius 3 is 2.06 bits per heavy atom. The van der Waals surface area contributed by atoms with Gasteiger partial charge in [0.15, 0.2) is 11.5 Å². The maximum Gasteiger partial charge on any atom is 0.224 e. The lowest BCUT2D eigenvalue weighted by atomic mass is 10.3. The van der Waals surface area contributed by atoms with Gasteiger partial charge >= 0.3 is 0 Å². The molecular weight excluding hydrogens is 272 g/mol. The summed E-state index contributed by atoms with van der Waals surface area (Å²) in [5.41, 5.74) is 0. The second-order valence-corrected chi connectivity index (χ2v) is 4.82. The average Bonchev–Trinajstić information content (AvgIpc) is 2.37. The van der Waals surface area contributed by atoms with Gasteiger partial charge in [-0.2, -0.15) is 0 Å². The highest BCUT2D eigenvalue weighted by Crippen LogP contribution is 2.41. The molecule has 0 radical (unpaired) electrons. The van der Waals surface area contributed by atoms with E-state index in [9.17, 15) is 0 Å². The van der Waals surface area contributed by atoms with Crippen LogP contribution in [-0.4, -0.2) is 32.3 Å². The van der Waals surface area contributed by atoms with Crippen molar-refractivity contribution < 1.29 is 18.9 Å². The quantitative estimate of drug-likeness (QED) is 0.612. The third-order valence-corrected chi connectivity index (χ3v) is 3.23. The SMILES string of the molecule is CCOC(=S)Sc1cc(OC)c(OC)c(OC)c1. The number of ether oxygens (including phenoxy) is 4. The highest BCUT2D eigenvalue weighted by Gasteiger charge is 2.14. The summed E-state index contributed by atoms with van der Waals surface area (Å²) < 4.78 is 21.5. The Bertz CT molecular complexity index is 396. The van der Waals surface area contributed by atoms with Crippen LogP contribution in [0.3, 0.4) is 0 Å². The Hall–Kier alpha value is -1.14. The maximum atomic E-state index is 5.26. The fourth-order valence-electron chi connectivity index (χ4n) is 1.36. The molecule has 0 N–H and O–H groups in total. The van der Waals surface area contributed by atoms with E-state index in [4.69, 9.17) is 31.2 Å². The molecule has 0 atom stereocenters. The number of hydrogen-bond acceptors (Lipinski definition) is 6. The topological polar surface area (TPSA) is 36.9 Å². The first kappa shape index (κ1) is 14.9. The molecule has 0 heterocycles. The predicted octanol–water partition coefficient (Wildman–Crippen LogP) is 3.13. The van der Waals surface area contributed by atoms with Crippen molar-refractivity contribution in [2.45, 2.75) is 11.8 Å². The molecule has 0 aliphatic carbocycles. The van der Waals surface area contributed by atoms with E-state index in [0.717, 1.165) is 4.90 Å². The van der Waals surface area contributed by atoms with Crippen LogP contribution in [0, 0.1) is 0 Å². The molecule has 0 spiro atoms. The highest BCUT2D eigenvalue weighted by molar-refractivity contribution is 8.22. The molecule has 0 amide bonds. The summed E-state index contributed by atoms with van der Waals surface area (Å²) >= 11 is 6.42. The summed E-state index contributed by atoms with van der Waals surface area (Å²) in [6, 6.07) is 3.66. The van der Waals surface area contributed by atoms with E-state index < -0.39 is 0 Å². The zero-order chi connectivity index (χ0) is 13.5. The molecule has 1 rings (SSSR count). The number of benzene rings is 1. The number of thioether (sulfide) groups is 1. The molecule has 6 heteroatoms. The summed E-state index contributed by atoms with van der Waals surface area (Å²) in [5.74, 6) is 1.75. The van der Waals surface area contributed by atoms with Crippen molar-refractivity contribution in [1.82, 2.24) is 0 Å². The first-order valence-corrected chi connectivity index (χ1v) is 6.53. The third kappa shape index (κ3) is 3.68. The molecule has 0 aliphatic rings. The molecular formula is C12H16O4S2. The molecule has 0 fully saturated rings. The van der Waals surface area contributed by atoms with Crippen LogP contribution in [0.5, 0.6) is 17.2 Å². The zero-order valence-corrected chi connectivity index (χ0v) is 12.4. The number of methoxy groups -OCH3 is 3. The van der Waals surface area contributed by atoms with Crippen molar-refractivity contribution in [3.63, 3.8) is 0 Å².